The third-order valence-corrected chi connectivity index (χ3v) is 6.17. The van der Waals surface area contributed by atoms with E-state index < -0.39 is 18.0 Å². The molecule has 0 spiro atoms. The molecule has 2 aromatic rings. The number of aryl methyl sites for hydroxylation is 2. The van der Waals surface area contributed by atoms with Crippen molar-refractivity contribution in [2.24, 2.45) is 0 Å². The zero-order chi connectivity index (χ0) is 24.9. The van der Waals surface area contributed by atoms with E-state index in [4.69, 9.17) is 0 Å². The molecule has 0 amide bonds. The second kappa shape index (κ2) is 10.9. The molecule has 0 radical (unpaired) electrons. The smallest absolute Gasteiger partial charge is 0.392 e. The van der Waals surface area contributed by atoms with Gasteiger partial charge >= 0.3 is 12.4 Å². The second-order valence-electron chi connectivity index (χ2n) is 7.39. The van der Waals surface area contributed by atoms with Crippen LogP contribution in [0.1, 0.15) is 40.5 Å². The van der Waals surface area contributed by atoms with E-state index in [0.717, 1.165) is 16.5 Å². The van der Waals surface area contributed by atoms with Gasteiger partial charge in [0.15, 0.2) is 0 Å². The van der Waals surface area contributed by atoms with Gasteiger partial charge in [-0.15, -0.1) is 11.3 Å². The van der Waals surface area contributed by atoms with Gasteiger partial charge in [-0.25, -0.2) is 0 Å². The molecule has 3 nitrogen and oxygen atoms in total. The Labute approximate surface area is 191 Å². The fourth-order valence-electron chi connectivity index (χ4n) is 3.16. The molecule has 0 aliphatic heterocycles. The van der Waals surface area contributed by atoms with Crippen molar-refractivity contribution in [2.75, 3.05) is 0 Å². The van der Waals surface area contributed by atoms with Crippen LogP contribution in [0.15, 0.2) is 47.9 Å². The third-order valence-electron chi connectivity index (χ3n) is 5.18. The Kier molecular flexibility index (Phi) is 8.92. The van der Waals surface area contributed by atoms with E-state index in [1.54, 1.807) is 18.4 Å². The number of benzene rings is 1. The lowest BCUT2D eigenvalue weighted by Gasteiger charge is -2.29. The van der Waals surface area contributed by atoms with Gasteiger partial charge in [0.2, 0.25) is 0 Å². The summed E-state index contributed by atoms with van der Waals surface area (Å²) in [4.78, 5) is 0.965. The van der Waals surface area contributed by atoms with Crippen LogP contribution < -0.4 is 0 Å². The molecular formula is C23H24F6O3S. The zero-order valence-electron chi connectivity index (χ0n) is 17.7. The minimum atomic E-state index is -5.90. The van der Waals surface area contributed by atoms with Gasteiger partial charge in [-0.3, -0.25) is 0 Å². The van der Waals surface area contributed by atoms with Gasteiger partial charge in [0.05, 0.1) is 13.2 Å². The highest BCUT2D eigenvalue weighted by molar-refractivity contribution is 7.10. The summed E-state index contributed by atoms with van der Waals surface area (Å²) < 4.78 is 76.7. The molecule has 10 heteroatoms. The Bertz CT molecular complexity index is 975. The summed E-state index contributed by atoms with van der Waals surface area (Å²) in [6, 6.07) is 7.23. The largest absolute Gasteiger partial charge is 0.430 e. The van der Waals surface area contributed by atoms with Crippen molar-refractivity contribution >= 4 is 16.9 Å². The quantitative estimate of drug-likeness (QED) is 0.309. The zero-order valence-corrected chi connectivity index (χ0v) is 18.5. The van der Waals surface area contributed by atoms with Crippen molar-refractivity contribution in [1.82, 2.24) is 0 Å². The summed E-state index contributed by atoms with van der Waals surface area (Å²) in [6.07, 6.45) is -8.72. The van der Waals surface area contributed by atoms with E-state index in [1.165, 1.54) is 11.3 Å². The Balaban J connectivity index is 2.15. The predicted molar refractivity (Wildman–Crippen MR) is 114 cm³/mol. The van der Waals surface area contributed by atoms with Crippen LogP contribution in [-0.2, 0) is 26.1 Å². The fourth-order valence-corrected chi connectivity index (χ4v) is 4.07. The van der Waals surface area contributed by atoms with Gasteiger partial charge in [0, 0.05) is 4.88 Å². The van der Waals surface area contributed by atoms with E-state index in [1.807, 2.05) is 18.2 Å². The van der Waals surface area contributed by atoms with Crippen LogP contribution in [0.2, 0.25) is 0 Å². The molecule has 3 N–H and O–H groups in total. The average Bonchev–Trinajstić information content (AvgIpc) is 3.22. The Morgan fingerprint density at radius 3 is 2.12 bits per heavy atom. The molecule has 0 atom stereocenters. The van der Waals surface area contributed by atoms with Crippen molar-refractivity contribution in [3.8, 4) is 0 Å². The Morgan fingerprint density at radius 1 is 0.939 bits per heavy atom. The number of hydrogen-bond donors (Lipinski definition) is 3. The minimum absolute atomic E-state index is 0.172. The molecule has 0 saturated carbocycles. The molecule has 0 unspecified atom stereocenters. The molecule has 0 aliphatic carbocycles. The molecule has 0 saturated heterocycles. The van der Waals surface area contributed by atoms with Crippen LogP contribution in [0.4, 0.5) is 26.3 Å². The maximum Gasteiger partial charge on any atom is 0.430 e. The third kappa shape index (κ3) is 6.47. The molecule has 0 aliphatic rings. The summed E-state index contributed by atoms with van der Waals surface area (Å²) in [5.41, 5.74) is -1.48. The molecule has 2 rings (SSSR count). The molecule has 1 heterocycles. The van der Waals surface area contributed by atoms with Gasteiger partial charge < -0.3 is 15.3 Å². The SMILES string of the molecule is CCC(=CC=CC(O)(C(F)(F)F)C(F)(F)F)c1csc(CCc2ccc(CO)c(CO)c2)c1. The highest BCUT2D eigenvalue weighted by Gasteiger charge is 2.68. The normalized spacial score (nSPS) is 13.8. The monoisotopic (exact) mass is 494 g/mol. The number of halogens is 6. The number of aliphatic hydroxyl groups excluding tert-OH is 2. The predicted octanol–water partition coefficient (Wildman–Crippen LogP) is 5.72. The molecule has 1 aromatic carbocycles. The van der Waals surface area contributed by atoms with E-state index in [9.17, 15) is 41.7 Å². The van der Waals surface area contributed by atoms with E-state index >= 15 is 0 Å². The molecular weight excluding hydrogens is 470 g/mol. The lowest BCUT2D eigenvalue weighted by atomic mass is 10.00. The Morgan fingerprint density at radius 2 is 1.58 bits per heavy atom. The lowest BCUT2D eigenvalue weighted by molar-refractivity contribution is -0.347. The number of thiophene rings is 1. The summed E-state index contributed by atoms with van der Waals surface area (Å²) in [6.45, 7) is 1.35. The van der Waals surface area contributed by atoms with Gasteiger partial charge in [-0.05, 0) is 64.6 Å². The highest BCUT2D eigenvalue weighted by atomic mass is 32.1. The number of alkyl halides is 6. The van der Waals surface area contributed by atoms with Crippen LogP contribution in [0.5, 0.6) is 0 Å². The lowest BCUT2D eigenvalue weighted by Crippen LogP contribution is -2.55. The van der Waals surface area contributed by atoms with Crippen molar-refractivity contribution in [1.29, 1.82) is 0 Å². The number of aliphatic hydroxyl groups is 3. The summed E-state index contributed by atoms with van der Waals surface area (Å²) in [5, 5.41) is 29.6. The van der Waals surface area contributed by atoms with Gasteiger partial charge in [-0.1, -0.05) is 37.3 Å². The Hall–Kier alpha value is -2.14. The van der Waals surface area contributed by atoms with Gasteiger partial charge in [0.25, 0.3) is 5.60 Å². The molecule has 33 heavy (non-hydrogen) atoms. The number of hydrogen-bond acceptors (Lipinski definition) is 4. The van der Waals surface area contributed by atoms with E-state index in [-0.39, 0.29) is 19.3 Å². The average molecular weight is 494 g/mol. The van der Waals surface area contributed by atoms with E-state index in [0.29, 0.717) is 47.6 Å². The summed E-state index contributed by atoms with van der Waals surface area (Å²) >= 11 is 1.41. The molecule has 0 bridgehead atoms. The van der Waals surface area contributed by atoms with Crippen LogP contribution >= 0.6 is 11.3 Å². The van der Waals surface area contributed by atoms with E-state index in [2.05, 4.69) is 0 Å². The summed E-state index contributed by atoms with van der Waals surface area (Å²) in [7, 11) is 0. The topological polar surface area (TPSA) is 60.7 Å². The van der Waals surface area contributed by atoms with Crippen LogP contribution in [-0.4, -0.2) is 33.3 Å². The van der Waals surface area contributed by atoms with Crippen molar-refractivity contribution in [2.45, 2.75) is 57.4 Å². The number of rotatable bonds is 9. The molecule has 1 aromatic heterocycles. The van der Waals surface area contributed by atoms with Crippen molar-refractivity contribution < 1.29 is 41.7 Å². The maximum atomic E-state index is 12.8. The fraction of sp³-hybridized carbons (Fsp3) is 0.391. The first kappa shape index (κ1) is 27.1. The number of allylic oxidation sites excluding steroid dienone is 3. The first-order valence-electron chi connectivity index (χ1n) is 10.0. The minimum Gasteiger partial charge on any atom is -0.392 e. The second-order valence-corrected chi connectivity index (χ2v) is 8.38. The molecule has 182 valence electrons. The summed E-state index contributed by atoms with van der Waals surface area (Å²) in [5.74, 6) is 0. The van der Waals surface area contributed by atoms with Crippen LogP contribution in [0, 0.1) is 0 Å². The van der Waals surface area contributed by atoms with Crippen molar-refractivity contribution in [3.63, 3.8) is 0 Å². The van der Waals surface area contributed by atoms with Crippen LogP contribution in [0.25, 0.3) is 5.57 Å². The van der Waals surface area contributed by atoms with Crippen LogP contribution in [0.3, 0.4) is 0 Å². The first-order valence-corrected chi connectivity index (χ1v) is 10.9. The highest BCUT2D eigenvalue weighted by Crippen LogP contribution is 2.44. The standard InChI is InChI=1S/C23H24F6O3S/c1-2-16(4-3-9-21(32,22(24,25)26)23(27,28)29)19-11-20(33-14-19)8-6-15-5-7-17(12-30)18(10-15)13-31/h3-5,7,9-11,14,30-32H,2,6,8,12-13H2,1H3. The molecule has 0 fully saturated rings. The first-order chi connectivity index (χ1) is 15.4. The van der Waals surface area contributed by atoms with Gasteiger partial charge in [-0.2, -0.15) is 26.3 Å². The van der Waals surface area contributed by atoms with Crippen molar-refractivity contribution in [3.05, 3.63) is 75.0 Å². The maximum absolute atomic E-state index is 12.8. The van der Waals surface area contributed by atoms with Gasteiger partial charge in [0.1, 0.15) is 0 Å².